The maximum Gasteiger partial charge on any atom is 0.409 e. The molecule has 0 aliphatic carbocycles. The van der Waals surface area contributed by atoms with Gasteiger partial charge in [0, 0.05) is 38.3 Å². The highest BCUT2D eigenvalue weighted by atomic mass is 35.5. The van der Waals surface area contributed by atoms with Gasteiger partial charge in [-0.2, -0.15) is 4.31 Å². The number of likely N-dealkylation sites (N-methyl/N-ethyl adjacent to an activating group) is 2. The van der Waals surface area contributed by atoms with Crippen LogP contribution in [0.25, 0.3) is 0 Å². The minimum absolute atomic E-state index is 0.00181. The average molecular weight is 462 g/mol. The predicted molar refractivity (Wildman–Crippen MR) is 116 cm³/mol. The number of nitrogens with zero attached hydrogens (tertiary/aromatic N) is 3. The van der Waals surface area contributed by atoms with Crippen LogP contribution in [0.4, 0.5) is 4.79 Å². The number of piperidine rings is 1. The lowest BCUT2D eigenvalue weighted by Crippen LogP contribution is -2.53. The largest absolute Gasteiger partial charge is 0.448 e. The zero-order valence-corrected chi connectivity index (χ0v) is 19.7. The minimum Gasteiger partial charge on any atom is -0.448 e. The first-order valence-corrected chi connectivity index (χ1v) is 11.8. The lowest BCUT2D eigenvalue weighted by atomic mass is 9.99. The molecule has 1 saturated heterocycles. The van der Waals surface area contributed by atoms with Gasteiger partial charge in [-0.25, -0.2) is 13.2 Å². The van der Waals surface area contributed by atoms with Crippen LogP contribution >= 0.6 is 11.6 Å². The maximum absolute atomic E-state index is 13.4. The second kappa shape index (κ2) is 11.3. The molecule has 10 heteroatoms. The van der Waals surface area contributed by atoms with Gasteiger partial charge in [-0.1, -0.05) is 18.0 Å². The van der Waals surface area contributed by atoms with Gasteiger partial charge in [0.25, 0.3) is 0 Å². The van der Waals surface area contributed by atoms with Crippen molar-refractivity contribution in [2.75, 3.05) is 54.6 Å². The van der Waals surface area contributed by atoms with Crippen molar-refractivity contribution < 1.29 is 22.7 Å². The van der Waals surface area contributed by atoms with Crippen molar-refractivity contribution in [2.24, 2.45) is 0 Å². The first-order valence-electron chi connectivity index (χ1n) is 9.97. The first-order chi connectivity index (χ1) is 14.2. The van der Waals surface area contributed by atoms with Crippen molar-refractivity contribution in [1.82, 2.24) is 14.1 Å². The van der Waals surface area contributed by atoms with Crippen LogP contribution in [0.1, 0.15) is 19.3 Å². The summed E-state index contributed by atoms with van der Waals surface area (Å²) in [6.07, 6.45) is 1.67. The normalized spacial score (nSPS) is 20.3. The van der Waals surface area contributed by atoms with Crippen molar-refractivity contribution in [3.05, 3.63) is 29.3 Å². The van der Waals surface area contributed by atoms with Gasteiger partial charge in [-0.15, -0.1) is 0 Å². The number of benzene rings is 1. The second-order valence-corrected chi connectivity index (χ2v) is 10.1. The number of halogens is 1. The highest BCUT2D eigenvalue weighted by molar-refractivity contribution is 7.89. The molecule has 0 saturated carbocycles. The lowest BCUT2D eigenvalue weighted by Gasteiger charge is -2.40. The van der Waals surface area contributed by atoms with E-state index in [4.69, 9.17) is 21.1 Å². The van der Waals surface area contributed by atoms with Crippen molar-refractivity contribution in [3.63, 3.8) is 0 Å². The molecule has 1 aliphatic rings. The summed E-state index contributed by atoms with van der Waals surface area (Å²) >= 11 is 5.92. The van der Waals surface area contributed by atoms with E-state index in [1.165, 1.54) is 21.3 Å². The number of carbonyl (C=O) groups excluding carboxylic acids is 1. The van der Waals surface area contributed by atoms with Gasteiger partial charge >= 0.3 is 6.09 Å². The molecule has 1 amide bonds. The molecule has 1 aromatic carbocycles. The molecule has 0 N–H and O–H groups in total. The maximum atomic E-state index is 13.4. The Labute approximate surface area is 184 Å². The number of hydrogen-bond donors (Lipinski definition) is 0. The molecular formula is C20H32ClN3O5S. The average Bonchev–Trinajstić information content (AvgIpc) is 2.70. The Bertz CT molecular complexity index is 786. The van der Waals surface area contributed by atoms with E-state index in [0.29, 0.717) is 31.0 Å². The number of carbonyl (C=O) groups is 1. The number of methoxy groups -OCH3 is 1. The van der Waals surface area contributed by atoms with Crippen molar-refractivity contribution >= 4 is 27.7 Å². The highest BCUT2D eigenvalue weighted by Crippen LogP contribution is 2.31. The van der Waals surface area contributed by atoms with Gasteiger partial charge < -0.3 is 19.3 Å². The van der Waals surface area contributed by atoms with E-state index in [1.54, 1.807) is 26.3 Å². The second-order valence-electron chi connectivity index (χ2n) is 7.78. The third kappa shape index (κ3) is 6.55. The molecule has 1 aliphatic heterocycles. The Balaban J connectivity index is 2.17. The van der Waals surface area contributed by atoms with Crippen LogP contribution in [-0.2, 0) is 19.5 Å². The monoisotopic (exact) mass is 461 g/mol. The molecule has 0 radical (unpaired) electrons. The molecule has 1 fully saturated rings. The highest BCUT2D eigenvalue weighted by Gasteiger charge is 2.40. The first kappa shape index (κ1) is 24.9. The third-order valence-corrected chi connectivity index (χ3v) is 7.41. The molecule has 170 valence electrons. The Morgan fingerprint density at radius 2 is 1.70 bits per heavy atom. The van der Waals surface area contributed by atoms with Crippen LogP contribution in [0.5, 0.6) is 0 Å². The van der Waals surface area contributed by atoms with Crippen LogP contribution in [-0.4, -0.2) is 95.3 Å². The Morgan fingerprint density at radius 1 is 1.10 bits per heavy atom. The SMILES string of the molecule is COC[C@H]1CCCC(COC(=O)N(C)CCN(C)C)N1S(=O)(=O)c1ccc(Cl)cc1. The fraction of sp³-hybridized carbons (Fsp3) is 0.650. The number of sulfonamides is 1. The number of hydrogen-bond acceptors (Lipinski definition) is 6. The van der Waals surface area contributed by atoms with Crippen LogP contribution in [0, 0.1) is 0 Å². The molecule has 0 bridgehead atoms. The molecule has 0 spiro atoms. The molecule has 1 heterocycles. The summed E-state index contributed by atoms with van der Waals surface area (Å²) in [5.74, 6) is 0. The molecule has 1 aromatic rings. The molecule has 0 aromatic heterocycles. The summed E-state index contributed by atoms with van der Waals surface area (Å²) in [4.78, 5) is 16.0. The zero-order valence-electron chi connectivity index (χ0n) is 18.1. The quantitative estimate of drug-likeness (QED) is 0.562. The number of rotatable bonds is 9. The van der Waals surface area contributed by atoms with E-state index in [0.717, 1.165) is 6.42 Å². The summed E-state index contributed by atoms with van der Waals surface area (Å²) in [7, 11) is 3.27. The van der Waals surface area contributed by atoms with Crippen LogP contribution < -0.4 is 0 Å². The van der Waals surface area contributed by atoms with Gasteiger partial charge in [0.05, 0.1) is 17.5 Å². The Hall–Kier alpha value is -1.39. The fourth-order valence-corrected chi connectivity index (χ4v) is 5.45. The van der Waals surface area contributed by atoms with E-state index in [9.17, 15) is 13.2 Å². The smallest absolute Gasteiger partial charge is 0.409 e. The number of amides is 1. The van der Waals surface area contributed by atoms with Gasteiger partial charge in [-0.3, -0.25) is 0 Å². The molecule has 2 atom stereocenters. The lowest BCUT2D eigenvalue weighted by molar-refractivity contribution is 0.0433. The molecule has 2 rings (SSSR count). The summed E-state index contributed by atoms with van der Waals surface area (Å²) in [6.45, 7) is 1.51. The van der Waals surface area contributed by atoms with E-state index in [1.807, 2.05) is 19.0 Å². The molecular weight excluding hydrogens is 430 g/mol. The predicted octanol–water partition coefficient (Wildman–Crippen LogP) is 2.53. The van der Waals surface area contributed by atoms with Crippen LogP contribution in [0.3, 0.4) is 0 Å². The van der Waals surface area contributed by atoms with Gasteiger partial charge in [-0.05, 0) is 51.2 Å². The van der Waals surface area contributed by atoms with Gasteiger partial charge in [0.2, 0.25) is 10.0 Å². The van der Waals surface area contributed by atoms with E-state index in [-0.39, 0.29) is 24.2 Å². The van der Waals surface area contributed by atoms with Crippen molar-refractivity contribution in [2.45, 2.75) is 36.2 Å². The van der Waals surface area contributed by atoms with Crippen LogP contribution in [0.2, 0.25) is 5.02 Å². The zero-order chi connectivity index (χ0) is 22.3. The summed E-state index contributed by atoms with van der Waals surface area (Å²) in [5, 5.41) is 0.465. The van der Waals surface area contributed by atoms with Gasteiger partial charge in [0.15, 0.2) is 0 Å². The Kier molecular flexibility index (Phi) is 9.36. The minimum atomic E-state index is -3.81. The van der Waals surface area contributed by atoms with E-state index >= 15 is 0 Å². The molecule has 30 heavy (non-hydrogen) atoms. The summed E-state index contributed by atoms with van der Waals surface area (Å²) < 4.78 is 39.1. The summed E-state index contributed by atoms with van der Waals surface area (Å²) in [5.41, 5.74) is 0. The standard InChI is InChI=1S/C20H32ClN3O5S/c1-22(2)12-13-23(3)20(25)29-15-18-7-5-6-17(14-28-4)24(18)30(26,27)19-10-8-16(21)9-11-19/h8-11,17-18H,5-7,12-15H2,1-4H3/t17-,18?/m1/s1. The van der Waals surface area contributed by atoms with E-state index < -0.39 is 22.2 Å². The Morgan fingerprint density at radius 3 is 2.27 bits per heavy atom. The summed E-state index contributed by atoms with van der Waals surface area (Å²) in [6, 6.07) is 5.32. The fourth-order valence-electron chi connectivity index (χ4n) is 3.49. The number of ether oxygens (including phenoxy) is 2. The third-order valence-electron chi connectivity index (χ3n) is 5.14. The van der Waals surface area contributed by atoms with E-state index in [2.05, 4.69) is 0 Å². The molecule has 1 unspecified atom stereocenters. The topological polar surface area (TPSA) is 79.4 Å². The molecule has 8 nitrogen and oxygen atoms in total. The van der Waals surface area contributed by atoms with Crippen molar-refractivity contribution in [1.29, 1.82) is 0 Å². The van der Waals surface area contributed by atoms with Gasteiger partial charge in [0.1, 0.15) is 6.61 Å². The van der Waals surface area contributed by atoms with Crippen LogP contribution in [0.15, 0.2) is 29.2 Å². The van der Waals surface area contributed by atoms with Crippen molar-refractivity contribution in [3.8, 4) is 0 Å².